The highest BCUT2D eigenvalue weighted by Gasteiger charge is 2.39. The van der Waals surface area contributed by atoms with Crippen molar-refractivity contribution in [1.29, 1.82) is 0 Å². The number of hydrogen-bond acceptors (Lipinski definition) is 3. The van der Waals surface area contributed by atoms with Gasteiger partial charge < -0.3 is 5.11 Å². The first-order chi connectivity index (χ1) is 10.5. The lowest BCUT2D eigenvalue weighted by atomic mass is 10.0. The summed E-state index contributed by atoms with van der Waals surface area (Å²) >= 11 is 0. The maximum Gasteiger partial charge on any atom is 0.523 e. The predicted octanol–water partition coefficient (Wildman–Crippen LogP) is 2.23. The van der Waals surface area contributed by atoms with Crippen LogP contribution in [0.1, 0.15) is 13.8 Å². The van der Waals surface area contributed by atoms with Crippen LogP contribution in [0.3, 0.4) is 0 Å². The number of hydrogen-bond donors (Lipinski definition) is 1. The number of alkyl halides is 3. The molecule has 2 atom stereocenters. The molecule has 124 valence electrons. The minimum Gasteiger partial charge on any atom is -0.480 e. The zero-order valence-electron chi connectivity index (χ0n) is 12.3. The molecule has 1 aliphatic carbocycles. The largest absolute Gasteiger partial charge is 0.523 e. The third kappa shape index (κ3) is 5.00. The number of terminal acetylenes is 1. The van der Waals surface area contributed by atoms with E-state index in [0.29, 0.717) is 4.90 Å². The minimum absolute atomic E-state index is 0.111. The fourth-order valence-electron chi connectivity index (χ4n) is 1.95. The highest BCUT2D eigenvalue weighted by molar-refractivity contribution is 5.97. The van der Waals surface area contributed by atoms with Gasteiger partial charge in [-0.05, 0) is 38.0 Å². The van der Waals surface area contributed by atoms with Crippen molar-refractivity contribution in [3.05, 3.63) is 36.1 Å². The van der Waals surface area contributed by atoms with Crippen molar-refractivity contribution in [1.82, 2.24) is 4.90 Å². The summed E-state index contributed by atoms with van der Waals surface area (Å²) in [5.41, 5.74) is -2.04. The SMILES string of the molecule is C#CC(=O)N(C1=CC(C)(OC(F)(F)F)C=CC=C1)C(C)C(=O)O. The first-order valence-electron chi connectivity index (χ1n) is 6.37. The fourth-order valence-corrected chi connectivity index (χ4v) is 1.95. The zero-order chi connectivity index (χ0) is 17.8. The Balaban J connectivity index is 3.34. The van der Waals surface area contributed by atoms with Gasteiger partial charge in [-0.1, -0.05) is 12.2 Å². The van der Waals surface area contributed by atoms with Crippen LogP contribution in [0.2, 0.25) is 0 Å². The maximum atomic E-state index is 12.5. The smallest absolute Gasteiger partial charge is 0.480 e. The van der Waals surface area contributed by atoms with Gasteiger partial charge in [0, 0.05) is 5.70 Å². The molecule has 1 amide bonds. The Labute approximate surface area is 130 Å². The Kier molecular flexibility index (Phi) is 5.40. The van der Waals surface area contributed by atoms with Crippen LogP contribution in [-0.4, -0.2) is 39.9 Å². The number of aliphatic carboxylic acids is 1. The van der Waals surface area contributed by atoms with Gasteiger partial charge in [0.15, 0.2) is 0 Å². The lowest BCUT2D eigenvalue weighted by molar-refractivity contribution is -0.347. The zero-order valence-corrected chi connectivity index (χ0v) is 12.3. The second-order valence-electron chi connectivity index (χ2n) is 4.85. The van der Waals surface area contributed by atoms with Crippen LogP contribution in [-0.2, 0) is 14.3 Å². The van der Waals surface area contributed by atoms with E-state index in [4.69, 9.17) is 11.5 Å². The van der Waals surface area contributed by atoms with Crippen LogP contribution in [0, 0.1) is 12.3 Å². The number of carboxylic acid groups (broad SMARTS) is 1. The molecule has 0 aliphatic heterocycles. The Hall–Kier alpha value is -2.53. The second kappa shape index (κ2) is 6.71. The Morgan fingerprint density at radius 3 is 2.52 bits per heavy atom. The topological polar surface area (TPSA) is 66.8 Å². The normalized spacial score (nSPS) is 21.8. The molecule has 0 saturated heterocycles. The second-order valence-corrected chi connectivity index (χ2v) is 4.85. The molecule has 0 aromatic heterocycles. The van der Waals surface area contributed by atoms with E-state index in [1.165, 1.54) is 25.2 Å². The van der Waals surface area contributed by atoms with E-state index >= 15 is 0 Å². The van der Waals surface area contributed by atoms with Gasteiger partial charge in [-0.3, -0.25) is 14.4 Å². The molecule has 0 aromatic carbocycles. The highest BCUT2D eigenvalue weighted by Crippen LogP contribution is 2.30. The summed E-state index contributed by atoms with van der Waals surface area (Å²) in [6.45, 7) is 2.31. The van der Waals surface area contributed by atoms with Gasteiger partial charge in [-0.2, -0.15) is 0 Å². The van der Waals surface area contributed by atoms with Crippen LogP contribution in [0.15, 0.2) is 36.1 Å². The van der Waals surface area contributed by atoms with Gasteiger partial charge in [-0.15, -0.1) is 19.6 Å². The molecule has 0 radical (unpaired) electrons. The van der Waals surface area contributed by atoms with Crippen molar-refractivity contribution in [2.75, 3.05) is 0 Å². The molecule has 5 nitrogen and oxygen atoms in total. The Morgan fingerprint density at radius 1 is 1.43 bits per heavy atom. The van der Waals surface area contributed by atoms with E-state index in [-0.39, 0.29) is 5.70 Å². The van der Waals surface area contributed by atoms with E-state index in [9.17, 15) is 22.8 Å². The van der Waals surface area contributed by atoms with Crippen LogP contribution in [0.5, 0.6) is 0 Å². The van der Waals surface area contributed by atoms with Crippen molar-refractivity contribution in [2.24, 2.45) is 0 Å². The maximum absolute atomic E-state index is 12.5. The molecule has 23 heavy (non-hydrogen) atoms. The molecule has 0 fully saturated rings. The molecule has 1 aliphatic rings. The molecule has 0 saturated carbocycles. The van der Waals surface area contributed by atoms with Crippen LogP contribution >= 0.6 is 0 Å². The summed E-state index contributed by atoms with van der Waals surface area (Å²) in [6, 6.07) is -1.37. The van der Waals surface area contributed by atoms with Crippen LogP contribution in [0.25, 0.3) is 0 Å². The number of carbonyl (C=O) groups excluding carboxylic acids is 1. The molecular formula is C15H14F3NO4. The third-order valence-electron chi connectivity index (χ3n) is 2.94. The Bertz CT molecular complexity index is 628. The van der Waals surface area contributed by atoms with Gasteiger partial charge in [0.1, 0.15) is 11.6 Å². The number of rotatable bonds is 4. The summed E-state index contributed by atoms with van der Waals surface area (Å²) in [5, 5.41) is 9.07. The van der Waals surface area contributed by atoms with Gasteiger partial charge >= 0.3 is 18.2 Å². The molecule has 2 unspecified atom stereocenters. The summed E-state index contributed by atoms with van der Waals surface area (Å²) in [6.07, 6.45) is 6.10. The summed E-state index contributed by atoms with van der Waals surface area (Å²) in [5.74, 6) is -0.596. The van der Waals surface area contributed by atoms with Crippen LogP contribution in [0.4, 0.5) is 13.2 Å². The molecule has 0 heterocycles. The van der Waals surface area contributed by atoms with E-state index in [0.717, 1.165) is 19.1 Å². The lowest BCUT2D eigenvalue weighted by Crippen LogP contribution is -2.42. The first-order valence-corrected chi connectivity index (χ1v) is 6.37. The number of allylic oxidation sites excluding steroid dienone is 3. The van der Waals surface area contributed by atoms with Crippen molar-refractivity contribution in [3.63, 3.8) is 0 Å². The number of carboxylic acids is 1. The minimum atomic E-state index is -4.93. The number of ether oxygens (including phenoxy) is 1. The summed E-state index contributed by atoms with van der Waals surface area (Å²) < 4.78 is 41.7. The van der Waals surface area contributed by atoms with E-state index < -0.39 is 29.9 Å². The lowest BCUT2D eigenvalue weighted by Gasteiger charge is -2.29. The monoisotopic (exact) mass is 329 g/mol. The number of halogens is 3. The molecule has 0 bridgehead atoms. The number of amides is 1. The van der Waals surface area contributed by atoms with E-state index in [1.807, 2.05) is 0 Å². The van der Waals surface area contributed by atoms with Crippen molar-refractivity contribution < 1.29 is 32.6 Å². The van der Waals surface area contributed by atoms with Gasteiger partial charge in [0.05, 0.1) is 0 Å². The number of nitrogens with zero attached hydrogens (tertiary/aromatic N) is 1. The van der Waals surface area contributed by atoms with Crippen LogP contribution < -0.4 is 0 Å². The number of carbonyl (C=O) groups is 2. The molecule has 1 N–H and O–H groups in total. The molecule has 0 spiro atoms. The molecule has 1 rings (SSSR count). The fraction of sp³-hybridized carbons (Fsp3) is 0.333. The molecule has 0 aromatic rings. The van der Waals surface area contributed by atoms with Crippen molar-refractivity contribution in [2.45, 2.75) is 31.9 Å². The van der Waals surface area contributed by atoms with Gasteiger partial charge in [-0.25, -0.2) is 4.79 Å². The van der Waals surface area contributed by atoms with Crippen molar-refractivity contribution >= 4 is 11.9 Å². The standard InChI is InChI=1S/C15H14F3NO4/c1-4-12(20)19(10(2)13(21)22)11-7-5-6-8-14(3,9-11)23-15(16,17)18/h1,5-10H,2-3H3,(H,21,22). The quantitative estimate of drug-likeness (QED) is 0.803. The third-order valence-corrected chi connectivity index (χ3v) is 2.94. The highest BCUT2D eigenvalue weighted by atomic mass is 19.4. The summed E-state index contributed by atoms with van der Waals surface area (Å²) in [7, 11) is 0. The predicted molar refractivity (Wildman–Crippen MR) is 74.7 cm³/mol. The molecule has 8 heteroatoms. The van der Waals surface area contributed by atoms with Crippen molar-refractivity contribution in [3.8, 4) is 12.3 Å². The molecular weight excluding hydrogens is 315 g/mol. The van der Waals surface area contributed by atoms with Gasteiger partial charge in [0.25, 0.3) is 0 Å². The van der Waals surface area contributed by atoms with E-state index in [1.54, 1.807) is 5.92 Å². The van der Waals surface area contributed by atoms with Gasteiger partial charge in [0.2, 0.25) is 0 Å². The first kappa shape index (κ1) is 18.5. The average Bonchev–Trinajstić information content (AvgIpc) is 2.58. The van der Waals surface area contributed by atoms with E-state index in [2.05, 4.69) is 4.74 Å². The Morgan fingerprint density at radius 2 is 2.04 bits per heavy atom. The average molecular weight is 329 g/mol. The summed E-state index contributed by atoms with van der Waals surface area (Å²) in [4.78, 5) is 23.7.